The molecule has 1 saturated heterocycles. The van der Waals surface area contributed by atoms with Crippen LogP contribution in [-0.4, -0.2) is 26.3 Å². The summed E-state index contributed by atoms with van der Waals surface area (Å²) in [5.41, 5.74) is 2.80. The quantitative estimate of drug-likeness (QED) is 0.844. The molecule has 1 N–H and O–H groups in total. The zero-order chi connectivity index (χ0) is 12.1. The van der Waals surface area contributed by atoms with Crippen molar-refractivity contribution in [2.75, 3.05) is 20.3 Å². The van der Waals surface area contributed by atoms with E-state index in [1.807, 2.05) is 0 Å². The molecule has 0 aliphatic carbocycles. The molecule has 2 heteroatoms. The third-order valence-corrected chi connectivity index (χ3v) is 3.73. The predicted octanol–water partition coefficient (Wildman–Crippen LogP) is 2.55. The first-order chi connectivity index (χ1) is 8.29. The van der Waals surface area contributed by atoms with Crippen molar-refractivity contribution < 1.29 is 4.74 Å². The zero-order valence-corrected chi connectivity index (χ0v) is 10.9. The Kier molecular flexibility index (Phi) is 4.57. The number of rotatable bonds is 5. The first-order valence-corrected chi connectivity index (χ1v) is 6.60. The summed E-state index contributed by atoms with van der Waals surface area (Å²) < 4.78 is 5.47. The van der Waals surface area contributed by atoms with Gasteiger partial charge in [0.15, 0.2) is 0 Å². The number of hydrogen-bond acceptors (Lipinski definition) is 2. The summed E-state index contributed by atoms with van der Waals surface area (Å²) in [5, 5.41) is 3.45. The van der Waals surface area contributed by atoms with E-state index in [1.54, 1.807) is 0 Å². The molecule has 2 nitrogen and oxygen atoms in total. The number of ether oxygens (including phenoxy) is 1. The van der Waals surface area contributed by atoms with Gasteiger partial charge in [-0.1, -0.05) is 29.8 Å². The van der Waals surface area contributed by atoms with E-state index in [1.165, 1.54) is 24.0 Å². The molecule has 1 aromatic carbocycles. The van der Waals surface area contributed by atoms with Crippen molar-refractivity contribution in [2.24, 2.45) is 5.92 Å². The van der Waals surface area contributed by atoms with Crippen LogP contribution >= 0.6 is 0 Å². The van der Waals surface area contributed by atoms with Crippen LogP contribution < -0.4 is 5.32 Å². The Morgan fingerprint density at radius 1 is 1.47 bits per heavy atom. The second-order valence-electron chi connectivity index (χ2n) is 5.05. The van der Waals surface area contributed by atoms with Gasteiger partial charge in [-0.3, -0.25) is 0 Å². The van der Waals surface area contributed by atoms with E-state index in [0.717, 1.165) is 19.6 Å². The van der Waals surface area contributed by atoms with Crippen molar-refractivity contribution in [3.63, 3.8) is 0 Å². The number of nitrogens with one attached hydrogen (secondary N) is 1. The van der Waals surface area contributed by atoms with Gasteiger partial charge in [-0.25, -0.2) is 0 Å². The molecule has 17 heavy (non-hydrogen) atoms. The number of aryl methyl sites for hydroxylation is 2. The highest BCUT2D eigenvalue weighted by Crippen LogP contribution is 2.20. The highest BCUT2D eigenvalue weighted by molar-refractivity contribution is 5.22. The average Bonchev–Trinajstić information content (AvgIpc) is 2.84. The fourth-order valence-electron chi connectivity index (χ4n) is 2.68. The third kappa shape index (κ3) is 3.55. The van der Waals surface area contributed by atoms with E-state index < -0.39 is 0 Å². The largest absolute Gasteiger partial charge is 0.381 e. The van der Waals surface area contributed by atoms with E-state index >= 15 is 0 Å². The highest BCUT2D eigenvalue weighted by atomic mass is 16.5. The SMILES string of the molecule is CNC(CCc1cccc(C)c1)C1CCOC1. The van der Waals surface area contributed by atoms with E-state index in [2.05, 4.69) is 43.6 Å². The van der Waals surface area contributed by atoms with Crippen molar-refractivity contribution in [1.82, 2.24) is 5.32 Å². The fourth-order valence-corrected chi connectivity index (χ4v) is 2.68. The van der Waals surface area contributed by atoms with Gasteiger partial charge < -0.3 is 10.1 Å². The van der Waals surface area contributed by atoms with Crippen molar-refractivity contribution in [1.29, 1.82) is 0 Å². The van der Waals surface area contributed by atoms with E-state index in [4.69, 9.17) is 4.74 Å². The van der Waals surface area contributed by atoms with Crippen LogP contribution in [0.5, 0.6) is 0 Å². The molecule has 0 aromatic heterocycles. The molecule has 94 valence electrons. The summed E-state index contributed by atoms with van der Waals surface area (Å²) in [7, 11) is 2.07. The normalized spacial score (nSPS) is 21.6. The number of benzene rings is 1. The molecular weight excluding hydrogens is 210 g/mol. The lowest BCUT2D eigenvalue weighted by atomic mass is 9.93. The molecule has 0 bridgehead atoms. The topological polar surface area (TPSA) is 21.3 Å². The highest BCUT2D eigenvalue weighted by Gasteiger charge is 2.23. The molecule has 0 radical (unpaired) electrons. The predicted molar refractivity (Wildman–Crippen MR) is 71.3 cm³/mol. The molecule has 0 saturated carbocycles. The molecule has 1 aliphatic heterocycles. The Morgan fingerprint density at radius 2 is 2.35 bits per heavy atom. The molecule has 1 aliphatic rings. The summed E-state index contributed by atoms with van der Waals surface area (Å²) in [6.07, 6.45) is 3.57. The van der Waals surface area contributed by atoms with Crippen LogP contribution in [0.2, 0.25) is 0 Å². The summed E-state index contributed by atoms with van der Waals surface area (Å²) in [6, 6.07) is 9.42. The maximum Gasteiger partial charge on any atom is 0.0510 e. The Morgan fingerprint density at radius 3 is 3.00 bits per heavy atom. The van der Waals surface area contributed by atoms with Gasteiger partial charge in [0.05, 0.1) is 6.61 Å². The van der Waals surface area contributed by atoms with Crippen LogP contribution in [0.15, 0.2) is 24.3 Å². The summed E-state index contributed by atoms with van der Waals surface area (Å²) >= 11 is 0. The molecule has 2 atom stereocenters. The van der Waals surface area contributed by atoms with E-state index in [9.17, 15) is 0 Å². The van der Waals surface area contributed by atoms with Crippen molar-refractivity contribution >= 4 is 0 Å². The summed E-state index contributed by atoms with van der Waals surface area (Å²) in [6.45, 7) is 4.02. The van der Waals surface area contributed by atoms with Gasteiger partial charge in [0.1, 0.15) is 0 Å². The van der Waals surface area contributed by atoms with Gasteiger partial charge in [0, 0.05) is 12.6 Å². The maximum absolute atomic E-state index is 5.47. The average molecular weight is 233 g/mol. The minimum absolute atomic E-state index is 0.595. The van der Waals surface area contributed by atoms with Gasteiger partial charge in [-0.05, 0) is 44.7 Å². The molecule has 1 aromatic rings. The maximum atomic E-state index is 5.47. The molecule has 1 heterocycles. The molecule has 0 spiro atoms. The van der Waals surface area contributed by atoms with Gasteiger partial charge in [0.25, 0.3) is 0 Å². The smallest absolute Gasteiger partial charge is 0.0510 e. The minimum Gasteiger partial charge on any atom is -0.381 e. The second-order valence-corrected chi connectivity index (χ2v) is 5.05. The third-order valence-electron chi connectivity index (χ3n) is 3.73. The standard InChI is InChI=1S/C15H23NO/c1-12-4-3-5-13(10-12)6-7-15(16-2)14-8-9-17-11-14/h3-5,10,14-16H,6-9,11H2,1-2H3. The van der Waals surface area contributed by atoms with Gasteiger partial charge >= 0.3 is 0 Å². The minimum atomic E-state index is 0.595. The Labute approximate surface area is 104 Å². The molecule has 1 fully saturated rings. The number of hydrogen-bond donors (Lipinski definition) is 1. The van der Waals surface area contributed by atoms with Crippen LogP contribution in [0.4, 0.5) is 0 Å². The Hall–Kier alpha value is -0.860. The summed E-state index contributed by atoms with van der Waals surface area (Å²) in [5.74, 6) is 0.699. The first kappa shape index (κ1) is 12.6. The Balaban J connectivity index is 1.87. The lowest BCUT2D eigenvalue weighted by molar-refractivity contribution is 0.176. The first-order valence-electron chi connectivity index (χ1n) is 6.60. The van der Waals surface area contributed by atoms with E-state index in [-0.39, 0.29) is 0 Å². The fraction of sp³-hybridized carbons (Fsp3) is 0.600. The van der Waals surface area contributed by atoms with Gasteiger partial charge in [-0.2, -0.15) is 0 Å². The van der Waals surface area contributed by atoms with Crippen molar-refractivity contribution in [3.8, 4) is 0 Å². The van der Waals surface area contributed by atoms with E-state index in [0.29, 0.717) is 12.0 Å². The van der Waals surface area contributed by atoms with Crippen LogP contribution in [0.25, 0.3) is 0 Å². The van der Waals surface area contributed by atoms with Crippen molar-refractivity contribution in [2.45, 2.75) is 32.2 Å². The van der Waals surface area contributed by atoms with Crippen molar-refractivity contribution in [3.05, 3.63) is 35.4 Å². The van der Waals surface area contributed by atoms with Crippen LogP contribution in [0.1, 0.15) is 24.0 Å². The molecular formula is C15H23NO. The lowest BCUT2D eigenvalue weighted by Crippen LogP contribution is -2.34. The van der Waals surface area contributed by atoms with Crippen LogP contribution in [0.3, 0.4) is 0 Å². The van der Waals surface area contributed by atoms with Crippen LogP contribution in [0, 0.1) is 12.8 Å². The zero-order valence-electron chi connectivity index (χ0n) is 10.9. The van der Waals surface area contributed by atoms with Crippen LogP contribution in [-0.2, 0) is 11.2 Å². The Bertz CT molecular complexity index is 345. The monoisotopic (exact) mass is 233 g/mol. The van der Waals surface area contributed by atoms with Gasteiger partial charge in [-0.15, -0.1) is 0 Å². The van der Waals surface area contributed by atoms with Gasteiger partial charge in [0.2, 0.25) is 0 Å². The molecule has 2 rings (SSSR count). The molecule has 2 unspecified atom stereocenters. The summed E-state index contributed by atoms with van der Waals surface area (Å²) in [4.78, 5) is 0. The lowest BCUT2D eigenvalue weighted by Gasteiger charge is -2.21. The second kappa shape index (κ2) is 6.18. The molecule has 0 amide bonds.